The number of nitrogens with zero attached hydrogens (tertiary/aromatic N) is 2. The summed E-state index contributed by atoms with van der Waals surface area (Å²) < 4.78 is 22.1. The number of methoxy groups -OCH3 is 1. The highest BCUT2D eigenvalue weighted by molar-refractivity contribution is 7.17. The third-order valence-corrected chi connectivity index (χ3v) is 8.18. The van der Waals surface area contributed by atoms with Crippen LogP contribution in [-0.2, 0) is 20.9 Å². The van der Waals surface area contributed by atoms with Crippen molar-refractivity contribution in [3.05, 3.63) is 106 Å². The lowest BCUT2D eigenvalue weighted by Crippen LogP contribution is -2.29. The molecule has 0 aliphatic carbocycles. The van der Waals surface area contributed by atoms with Gasteiger partial charge in [0.2, 0.25) is 0 Å². The van der Waals surface area contributed by atoms with Gasteiger partial charge in [0.05, 0.1) is 24.4 Å². The number of Topliss-reactive ketones (excluding diaryl/α,β-unsaturated/α-hetero) is 1. The second kappa shape index (κ2) is 11.6. The molecule has 1 N–H and O–H groups in total. The maximum Gasteiger partial charge on any atom is 0.350 e. The second-order valence-corrected chi connectivity index (χ2v) is 10.8. The van der Waals surface area contributed by atoms with Gasteiger partial charge in [-0.15, -0.1) is 0 Å². The summed E-state index contributed by atoms with van der Waals surface area (Å²) in [6.45, 7) is 2.65. The Hall–Kier alpha value is -5.16. The third kappa shape index (κ3) is 5.30. The summed E-state index contributed by atoms with van der Waals surface area (Å²) in [7, 11) is 1.25. The minimum Gasteiger partial charge on any atom is -0.507 e. The minimum atomic E-state index is -1.08. The summed E-state index contributed by atoms with van der Waals surface area (Å²) in [5, 5.41) is 11.7. The van der Waals surface area contributed by atoms with Gasteiger partial charge in [-0.1, -0.05) is 53.8 Å². The van der Waals surface area contributed by atoms with Crippen LogP contribution in [0.2, 0.25) is 0 Å². The first-order chi connectivity index (χ1) is 20.9. The molecule has 0 bridgehead atoms. The molecule has 2 aliphatic heterocycles. The molecule has 4 aromatic rings. The number of esters is 1. The number of aliphatic hydroxyl groups is 1. The van der Waals surface area contributed by atoms with Crippen LogP contribution < -0.4 is 19.1 Å². The van der Waals surface area contributed by atoms with E-state index >= 15 is 0 Å². The summed E-state index contributed by atoms with van der Waals surface area (Å²) in [5.41, 5.74) is 1.94. The molecular weight excluding hydrogens is 572 g/mol. The Morgan fingerprint density at radius 2 is 1.79 bits per heavy atom. The van der Waals surface area contributed by atoms with E-state index < -0.39 is 23.7 Å². The molecule has 11 heteroatoms. The molecule has 3 aromatic carbocycles. The number of amides is 1. The standard InChI is InChI=1S/C32H26N2O8S/c1-18-29(31(38)39-2)43-32(33-18)34-26(20-9-6-10-22(15-20)42-17-19-7-4-3-5-8-19)25(28(36)30(34)37)27(35)21-11-12-23-24(16-21)41-14-13-40-23/h3-12,15-16,26,35H,13-14,17H2,1-2H3/b27-25+/t26-/m1/s1. The number of aromatic nitrogens is 1. The first-order valence-corrected chi connectivity index (χ1v) is 14.2. The van der Waals surface area contributed by atoms with Crippen molar-refractivity contribution in [2.45, 2.75) is 19.6 Å². The predicted molar refractivity (Wildman–Crippen MR) is 158 cm³/mol. The van der Waals surface area contributed by atoms with Crippen LogP contribution in [0.15, 0.2) is 78.4 Å². The monoisotopic (exact) mass is 598 g/mol. The lowest BCUT2D eigenvalue weighted by molar-refractivity contribution is -0.132. The number of anilines is 1. The minimum absolute atomic E-state index is 0.113. The number of ketones is 1. The van der Waals surface area contributed by atoms with Crippen molar-refractivity contribution in [1.29, 1.82) is 0 Å². The molecular formula is C32H26N2O8S. The van der Waals surface area contributed by atoms with E-state index in [4.69, 9.17) is 18.9 Å². The highest BCUT2D eigenvalue weighted by Crippen LogP contribution is 2.45. The first kappa shape index (κ1) is 28.0. The van der Waals surface area contributed by atoms with E-state index in [-0.39, 0.29) is 26.9 Å². The second-order valence-electron chi connectivity index (χ2n) is 9.78. The molecule has 0 spiro atoms. The molecule has 1 atom stereocenters. The van der Waals surface area contributed by atoms with E-state index in [1.165, 1.54) is 12.0 Å². The van der Waals surface area contributed by atoms with Gasteiger partial charge in [-0.2, -0.15) is 0 Å². The van der Waals surface area contributed by atoms with E-state index in [2.05, 4.69) is 4.98 Å². The number of benzene rings is 3. The van der Waals surface area contributed by atoms with E-state index in [1.807, 2.05) is 30.3 Å². The Bertz CT molecular complexity index is 1760. The lowest BCUT2D eigenvalue weighted by atomic mass is 9.95. The number of aryl methyl sites for hydroxylation is 1. The number of aliphatic hydroxyl groups excluding tert-OH is 1. The van der Waals surface area contributed by atoms with Crippen LogP contribution in [0.5, 0.6) is 17.2 Å². The molecule has 0 unspecified atom stereocenters. The van der Waals surface area contributed by atoms with E-state index in [0.29, 0.717) is 48.3 Å². The van der Waals surface area contributed by atoms with Crippen molar-refractivity contribution >= 4 is 39.9 Å². The van der Waals surface area contributed by atoms with Gasteiger partial charge in [0.15, 0.2) is 16.6 Å². The number of hydrogen-bond donors (Lipinski definition) is 1. The van der Waals surface area contributed by atoms with Gasteiger partial charge in [0, 0.05) is 5.56 Å². The average molecular weight is 599 g/mol. The Balaban J connectivity index is 1.46. The fourth-order valence-corrected chi connectivity index (χ4v) is 5.99. The number of carbonyl (C=O) groups is 3. The normalized spacial score (nSPS) is 17.2. The predicted octanol–water partition coefficient (Wildman–Crippen LogP) is 5.21. The van der Waals surface area contributed by atoms with Gasteiger partial charge in [-0.3, -0.25) is 14.5 Å². The molecule has 3 heterocycles. The molecule has 1 aromatic heterocycles. The van der Waals surface area contributed by atoms with E-state index in [0.717, 1.165) is 16.9 Å². The summed E-state index contributed by atoms with van der Waals surface area (Å²) in [6, 6.07) is 20.3. The summed E-state index contributed by atoms with van der Waals surface area (Å²) >= 11 is 0.929. The highest BCUT2D eigenvalue weighted by atomic mass is 32.1. The van der Waals surface area contributed by atoms with Crippen molar-refractivity contribution in [3.63, 3.8) is 0 Å². The Morgan fingerprint density at radius 1 is 1.02 bits per heavy atom. The largest absolute Gasteiger partial charge is 0.507 e. The van der Waals surface area contributed by atoms with Crippen molar-refractivity contribution < 1.29 is 38.4 Å². The molecule has 1 fully saturated rings. The number of fused-ring (bicyclic) bond motifs is 1. The van der Waals surface area contributed by atoms with Crippen molar-refractivity contribution in [2.24, 2.45) is 0 Å². The van der Waals surface area contributed by atoms with Crippen molar-refractivity contribution in [1.82, 2.24) is 4.98 Å². The molecule has 0 saturated carbocycles. The maximum atomic E-state index is 13.6. The Kier molecular flexibility index (Phi) is 7.56. The molecule has 6 rings (SSSR count). The maximum absolute atomic E-state index is 13.6. The van der Waals surface area contributed by atoms with Gasteiger partial charge in [0.1, 0.15) is 36.2 Å². The zero-order chi connectivity index (χ0) is 30.1. The van der Waals surface area contributed by atoms with Crippen LogP contribution in [0.3, 0.4) is 0 Å². The summed E-state index contributed by atoms with van der Waals surface area (Å²) in [4.78, 5) is 45.5. The third-order valence-electron chi connectivity index (χ3n) is 7.04. The van der Waals surface area contributed by atoms with Crippen LogP contribution in [0.4, 0.5) is 5.13 Å². The van der Waals surface area contributed by atoms with Gasteiger partial charge >= 0.3 is 11.9 Å². The molecule has 1 saturated heterocycles. The fourth-order valence-electron chi connectivity index (χ4n) is 4.97. The molecule has 1 amide bonds. The van der Waals surface area contributed by atoms with Crippen LogP contribution in [0.1, 0.15) is 38.1 Å². The van der Waals surface area contributed by atoms with Gasteiger partial charge in [0.25, 0.3) is 5.78 Å². The molecule has 218 valence electrons. The van der Waals surface area contributed by atoms with Crippen molar-refractivity contribution in [2.75, 3.05) is 25.2 Å². The molecule has 0 radical (unpaired) electrons. The summed E-state index contributed by atoms with van der Waals surface area (Å²) in [5.74, 6) is -1.38. The zero-order valence-electron chi connectivity index (χ0n) is 23.2. The van der Waals surface area contributed by atoms with Gasteiger partial charge in [-0.25, -0.2) is 9.78 Å². The van der Waals surface area contributed by atoms with Crippen molar-refractivity contribution in [3.8, 4) is 17.2 Å². The summed E-state index contributed by atoms with van der Waals surface area (Å²) in [6.07, 6.45) is 0. The smallest absolute Gasteiger partial charge is 0.350 e. The number of thiazole rings is 1. The highest BCUT2D eigenvalue weighted by Gasteiger charge is 2.48. The molecule has 10 nitrogen and oxygen atoms in total. The number of hydrogen-bond acceptors (Lipinski definition) is 10. The van der Waals surface area contributed by atoms with Crippen LogP contribution in [0.25, 0.3) is 5.76 Å². The quantitative estimate of drug-likeness (QED) is 0.132. The SMILES string of the molecule is COC(=O)c1sc(N2C(=O)C(=O)/C(=C(/O)c3ccc4c(c3)OCCO4)[C@H]2c2cccc(OCc3ccccc3)c2)nc1C. The molecule has 43 heavy (non-hydrogen) atoms. The number of ether oxygens (including phenoxy) is 4. The number of rotatable bonds is 7. The van der Waals surface area contributed by atoms with Gasteiger partial charge < -0.3 is 24.1 Å². The lowest BCUT2D eigenvalue weighted by Gasteiger charge is -2.24. The van der Waals surface area contributed by atoms with Crippen LogP contribution in [0, 0.1) is 6.92 Å². The average Bonchev–Trinajstić information content (AvgIpc) is 3.55. The zero-order valence-corrected chi connectivity index (χ0v) is 24.1. The van der Waals surface area contributed by atoms with E-state index in [1.54, 1.807) is 49.4 Å². The van der Waals surface area contributed by atoms with E-state index in [9.17, 15) is 19.5 Å². The van der Waals surface area contributed by atoms with Crippen LogP contribution in [-0.4, -0.2) is 48.1 Å². The fraction of sp³-hybridized carbons (Fsp3) is 0.188. The Morgan fingerprint density at radius 3 is 2.56 bits per heavy atom. The number of carbonyl (C=O) groups excluding carboxylic acids is 3. The van der Waals surface area contributed by atoms with Crippen LogP contribution >= 0.6 is 11.3 Å². The topological polar surface area (TPSA) is 124 Å². The molecule has 2 aliphatic rings. The Labute approximate surface area is 250 Å². The first-order valence-electron chi connectivity index (χ1n) is 13.4. The van der Waals surface area contributed by atoms with Gasteiger partial charge in [-0.05, 0) is 48.4 Å².